The monoisotopic (exact) mass is 328 g/mol. The van der Waals surface area contributed by atoms with Crippen LogP contribution in [0.15, 0.2) is 24.5 Å². The van der Waals surface area contributed by atoms with Gasteiger partial charge in [0, 0.05) is 37.5 Å². The Morgan fingerprint density at radius 3 is 3.00 bits per heavy atom. The molecule has 1 aliphatic heterocycles. The Labute approximate surface area is 142 Å². The van der Waals surface area contributed by atoms with Crippen LogP contribution in [-0.2, 0) is 13.0 Å². The molecule has 0 bridgehead atoms. The van der Waals surface area contributed by atoms with Gasteiger partial charge in [-0.3, -0.25) is 4.79 Å². The SMILES string of the molecule is Cc1cn2c(n1)CC[C@H](NC(=O)c1ccc(OCC(C)C)nc1)C2. The molecule has 0 aromatic carbocycles. The highest BCUT2D eigenvalue weighted by Gasteiger charge is 2.21. The fourth-order valence-corrected chi connectivity index (χ4v) is 2.82. The van der Waals surface area contributed by atoms with Crippen molar-refractivity contribution in [2.75, 3.05) is 6.61 Å². The molecule has 2 aromatic rings. The molecular weight excluding hydrogens is 304 g/mol. The third-order valence-corrected chi connectivity index (χ3v) is 4.01. The van der Waals surface area contributed by atoms with Crippen molar-refractivity contribution in [3.05, 3.63) is 41.6 Å². The number of ether oxygens (including phenoxy) is 1. The first-order valence-corrected chi connectivity index (χ1v) is 8.43. The number of pyridine rings is 1. The molecule has 24 heavy (non-hydrogen) atoms. The van der Waals surface area contributed by atoms with E-state index in [9.17, 15) is 4.79 Å². The van der Waals surface area contributed by atoms with Gasteiger partial charge < -0.3 is 14.6 Å². The van der Waals surface area contributed by atoms with Gasteiger partial charge in [0.25, 0.3) is 5.91 Å². The van der Waals surface area contributed by atoms with Gasteiger partial charge in [-0.05, 0) is 25.3 Å². The molecule has 0 aliphatic carbocycles. The van der Waals surface area contributed by atoms with E-state index in [4.69, 9.17) is 4.74 Å². The molecule has 6 heteroatoms. The summed E-state index contributed by atoms with van der Waals surface area (Å²) in [6.07, 6.45) is 5.40. The number of fused-ring (bicyclic) bond motifs is 1. The van der Waals surface area contributed by atoms with Crippen molar-refractivity contribution in [2.24, 2.45) is 5.92 Å². The summed E-state index contributed by atoms with van der Waals surface area (Å²) in [7, 11) is 0. The summed E-state index contributed by atoms with van der Waals surface area (Å²) in [5.74, 6) is 2.00. The first kappa shape index (κ1) is 16.5. The number of nitrogens with one attached hydrogen (secondary N) is 1. The van der Waals surface area contributed by atoms with E-state index in [2.05, 4.69) is 33.7 Å². The Kier molecular flexibility index (Phi) is 4.83. The van der Waals surface area contributed by atoms with Gasteiger partial charge in [0.1, 0.15) is 5.82 Å². The van der Waals surface area contributed by atoms with E-state index in [-0.39, 0.29) is 11.9 Å². The summed E-state index contributed by atoms with van der Waals surface area (Å²) < 4.78 is 7.67. The lowest BCUT2D eigenvalue weighted by molar-refractivity contribution is 0.0927. The Balaban J connectivity index is 1.57. The maximum Gasteiger partial charge on any atom is 0.253 e. The van der Waals surface area contributed by atoms with Crippen LogP contribution < -0.4 is 10.1 Å². The molecule has 0 saturated carbocycles. The molecule has 1 N–H and O–H groups in total. The lowest BCUT2D eigenvalue weighted by Gasteiger charge is -2.24. The molecule has 1 aliphatic rings. The number of aryl methyl sites for hydroxylation is 2. The number of carbonyl (C=O) groups excluding carboxylic acids is 1. The van der Waals surface area contributed by atoms with Crippen LogP contribution in [0, 0.1) is 12.8 Å². The van der Waals surface area contributed by atoms with Crippen LogP contribution in [0.3, 0.4) is 0 Å². The molecule has 0 radical (unpaired) electrons. The van der Waals surface area contributed by atoms with Gasteiger partial charge in [-0.2, -0.15) is 0 Å². The van der Waals surface area contributed by atoms with Crippen molar-refractivity contribution in [3.8, 4) is 5.88 Å². The summed E-state index contributed by atoms with van der Waals surface area (Å²) in [6.45, 7) is 7.55. The van der Waals surface area contributed by atoms with E-state index >= 15 is 0 Å². The standard InChI is InChI=1S/C18H24N4O2/c1-12(2)11-24-17-7-4-14(8-19-17)18(23)21-15-5-6-16-20-13(3)9-22(16)10-15/h4,7-9,12,15H,5-6,10-11H2,1-3H3,(H,21,23)/t15-/m0/s1. The van der Waals surface area contributed by atoms with Crippen molar-refractivity contribution in [1.29, 1.82) is 0 Å². The summed E-state index contributed by atoms with van der Waals surface area (Å²) in [6, 6.07) is 3.62. The Morgan fingerprint density at radius 1 is 1.46 bits per heavy atom. The van der Waals surface area contributed by atoms with E-state index in [1.54, 1.807) is 18.3 Å². The quantitative estimate of drug-likeness (QED) is 0.915. The molecular formula is C18H24N4O2. The Bertz CT molecular complexity index is 706. The molecule has 0 fully saturated rings. The fourth-order valence-electron chi connectivity index (χ4n) is 2.82. The maximum atomic E-state index is 12.4. The minimum Gasteiger partial charge on any atom is -0.477 e. The first-order chi connectivity index (χ1) is 11.5. The molecule has 2 aromatic heterocycles. The number of rotatable bonds is 5. The predicted molar refractivity (Wildman–Crippen MR) is 91.1 cm³/mol. The lowest BCUT2D eigenvalue weighted by atomic mass is 10.1. The van der Waals surface area contributed by atoms with Crippen LogP contribution in [-0.4, -0.2) is 33.1 Å². The number of aromatic nitrogens is 3. The number of carbonyl (C=O) groups is 1. The van der Waals surface area contributed by atoms with Crippen LogP contribution in [0.25, 0.3) is 0 Å². The first-order valence-electron chi connectivity index (χ1n) is 8.43. The topological polar surface area (TPSA) is 69.0 Å². The molecule has 0 unspecified atom stereocenters. The van der Waals surface area contributed by atoms with Gasteiger partial charge in [0.2, 0.25) is 5.88 Å². The normalized spacial score (nSPS) is 16.8. The number of hydrogen-bond donors (Lipinski definition) is 1. The second kappa shape index (κ2) is 7.03. The van der Waals surface area contributed by atoms with Crippen molar-refractivity contribution in [1.82, 2.24) is 19.9 Å². The molecule has 6 nitrogen and oxygen atoms in total. The van der Waals surface area contributed by atoms with Crippen molar-refractivity contribution in [3.63, 3.8) is 0 Å². The van der Waals surface area contributed by atoms with Crippen LogP contribution in [0.5, 0.6) is 5.88 Å². The molecule has 128 valence electrons. The summed E-state index contributed by atoms with van der Waals surface area (Å²) in [5, 5.41) is 3.09. The smallest absolute Gasteiger partial charge is 0.253 e. The van der Waals surface area contributed by atoms with Gasteiger partial charge in [0.15, 0.2) is 0 Å². The zero-order chi connectivity index (χ0) is 17.1. The Hall–Kier alpha value is -2.37. The highest BCUT2D eigenvalue weighted by Crippen LogP contribution is 2.16. The van der Waals surface area contributed by atoms with E-state index in [0.717, 1.165) is 30.9 Å². The minimum atomic E-state index is -0.0943. The zero-order valence-corrected chi connectivity index (χ0v) is 14.5. The Morgan fingerprint density at radius 2 is 2.29 bits per heavy atom. The van der Waals surface area contributed by atoms with Crippen molar-refractivity contribution < 1.29 is 9.53 Å². The van der Waals surface area contributed by atoms with Gasteiger partial charge >= 0.3 is 0 Å². The maximum absolute atomic E-state index is 12.4. The van der Waals surface area contributed by atoms with E-state index in [0.29, 0.717) is 24.0 Å². The van der Waals surface area contributed by atoms with Crippen molar-refractivity contribution >= 4 is 5.91 Å². The minimum absolute atomic E-state index is 0.0943. The average Bonchev–Trinajstić information content (AvgIpc) is 2.92. The summed E-state index contributed by atoms with van der Waals surface area (Å²) in [5.41, 5.74) is 1.58. The van der Waals surface area contributed by atoms with Crippen LogP contribution in [0.2, 0.25) is 0 Å². The third-order valence-electron chi connectivity index (χ3n) is 4.01. The molecule has 1 amide bonds. The van der Waals surface area contributed by atoms with Gasteiger partial charge in [-0.15, -0.1) is 0 Å². The highest BCUT2D eigenvalue weighted by atomic mass is 16.5. The predicted octanol–water partition coefficient (Wildman–Crippen LogP) is 2.37. The van der Waals surface area contributed by atoms with Crippen LogP contribution in [0.1, 0.15) is 42.1 Å². The number of amides is 1. The third kappa shape index (κ3) is 3.93. The second-order valence-corrected chi connectivity index (χ2v) is 6.75. The van der Waals surface area contributed by atoms with E-state index in [1.807, 2.05) is 13.1 Å². The van der Waals surface area contributed by atoms with Crippen molar-refractivity contribution in [2.45, 2.75) is 46.2 Å². The number of imidazole rings is 1. The molecule has 3 rings (SSSR count). The molecule has 0 spiro atoms. The average molecular weight is 328 g/mol. The van der Waals surface area contributed by atoms with Gasteiger partial charge in [0.05, 0.1) is 17.9 Å². The number of hydrogen-bond acceptors (Lipinski definition) is 4. The largest absolute Gasteiger partial charge is 0.477 e. The molecule has 0 saturated heterocycles. The molecule has 1 atom stereocenters. The zero-order valence-electron chi connectivity index (χ0n) is 14.5. The second-order valence-electron chi connectivity index (χ2n) is 6.75. The lowest BCUT2D eigenvalue weighted by Crippen LogP contribution is -2.40. The highest BCUT2D eigenvalue weighted by molar-refractivity contribution is 5.94. The summed E-state index contributed by atoms with van der Waals surface area (Å²) in [4.78, 5) is 21.1. The molecule has 3 heterocycles. The van der Waals surface area contributed by atoms with Gasteiger partial charge in [-0.25, -0.2) is 9.97 Å². The number of nitrogens with zero attached hydrogens (tertiary/aromatic N) is 3. The van der Waals surface area contributed by atoms with E-state index in [1.165, 1.54) is 0 Å². The fraction of sp³-hybridized carbons (Fsp3) is 0.500. The van der Waals surface area contributed by atoms with Crippen LogP contribution >= 0.6 is 0 Å². The van der Waals surface area contributed by atoms with E-state index < -0.39 is 0 Å². The summed E-state index contributed by atoms with van der Waals surface area (Å²) >= 11 is 0. The van der Waals surface area contributed by atoms with Crippen LogP contribution in [0.4, 0.5) is 0 Å². The van der Waals surface area contributed by atoms with Gasteiger partial charge in [-0.1, -0.05) is 13.8 Å².